The summed E-state index contributed by atoms with van der Waals surface area (Å²) in [5, 5.41) is 3.13. The van der Waals surface area contributed by atoms with Crippen LogP contribution in [-0.4, -0.2) is 60.9 Å². The third-order valence-corrected chi connectivity index (χ3v) is 3.83. The number of rotatable bonds is 6. The number of alkyl halides is 4. The molecule has 10 heteroatoms. The fraction of sp³-hybridized carbons (Fsp3) is 0.600. The van der Waals surface area contributed by atoms with Crippen molar-refractivity contribution in [2.24, 2.45) is 0 Å². The number of likely N-dealkylation sites (tertiary alicyclic amines) is 1. The Bertz CT molecular complexity index is 560. The fourth-order valence-corrected chi connectivity index (χ4v) is 2.41. The molecule has 1 fully saturated rings. The van der Waals surface area contributed by atoms with Gasteiger partial charge in [-0.1, -0.05) is 0 Å². The lowest BCUT2D eigenvalue weighted by Crippen LogP contribution is -2.46. The van der Waals surface area contributed by atoms with Gasteiger partial charge >= 0.3 is 12.3 Å². The van der Waals surface area contributed by atoms with Crippen LogP contribution in [0.2, 0.25) is 0 Å². The molecule has 0 bridgehead atoms. The number of likely N-dealkylation sites (N-methyl/N-ethyl adjacent to an activating group) is 1. The van der Waals surface area contributed by atoms with E-state index in [9.17, 15) is 22.4 Å². The number of hydrogen-bond acceptors (Lipinski definition) is 4. The Morgan fingerprint density at radius 3 is 2.76 bits per heavy atom. The van der Waals surface area contributed by atoms with Crippen molar-refractivity contribution in [3.63, 3.8) is 0 Å². The Hall–Kier alpha value is -1.61. The molecule has 1 aliphatic heterocycles. The summed E-state index contributed by atoms with van der Waals surface area (Å²) in [5.74, 6) is -4.70. The Balaban J connectivity index is 0.00000312. The highest BCUT2D eigenvalue weighted by molar-refractivity contribution is 5.94. The summed E-state index contributed by atoms with van der Waals surface area (Å²) in [5.41, 5.74) is 0.291. The molecule has 25 heavy (non-hydrogen) atoms. The molecule has 1 aromatic rings. The molecule has 0 aromatic carbocycles. The molecule has 0 saturated carbocycles. The summed E-state index contributed by atoms with van der Waals surface area (Å²) in [6.07, 6.45) is -0.739. The van der Waals surface area contributed by atoms with Crippen LogP contribution in [0.15, 0.2) is 18.3 Å². The van der Waals surface area contributed by atoms with E-state index in [0.717, 1.165) is 12.8 Å². The van der Waals surface area contributed by atoms with Crippen molar-refractivity contribution < 1.29 is 27.1 Å². The number of aromatic nitrogens is 1. The maximum absolute atomic E-state index is 12.8. The molecular formula is C15H20ClF4N3O2. The Labute approximate surface area is 149 Å². The lowest BCUT2D eigenvalue weighted by Gasteiger charge is -2.32. The Morgan fingerprint density at radius 2 is 2.20 bits per heavy atom. The van der Waals surface area contributed by atoms with Crippen LogP contribution >= 0.6 is 12.4 Å². The first-order valence-electron chi connectivity index (χ1n) is 7.55. The van der Waals surface area contributed by atoms with E-state index in [0.29, 0.717) is 18.7 Å². The molecule has 1 aliphatic rings. The maximum Gasteiger partial charge on any atom is 0.340 e. The molecule has 0 spiro atoms. The zero-order valence-electron chi connectivity index (χ0n) is 13.6. The average molecular weight is 386 g/mol. The highest BCUT2D eigenvalue weighted by atomic mass is 35.5. The number of carbonyl (C=O) groups excluding carboxylic acids is 1. The maximum atomic E-state index is 12.8. The minimum atomic E-state index is -4.24. The molecular weight excluding hydrogens is 366 g/mol. The SMILES string of the molecule is CNC1CCCN(C(=O)c2ccc(OCC(F)(F)C(F)F)nc2)C1.Cl. The summed E-state index contributed by atoms with van der Waals surface area (Å²) in [4.78, 5) is 17.8. The average Bonchev–Trinajstić information content (AvgIpc) is 2.59. The van der Waals surface area contributed by atoms with Crippen molar-refractivity contribution in [2.45, 2.75) is 31.2 Å². The van der Waals surface area contributed by atoms with Crippen molar-refractivity contribution in [2.75, 3.05) is 26.7 Å². The van der Waals surface area contributed by atoms with E-state index in [1.165, 1.54) is 18.3 Å². The molecule has 1 aromatic heterocycles. The van der Waals surface area contributed by atoms with E-state index >= 15 is 0 Å². The van der Waals surface area contributed by atoms with Gasteiger partial charge < -0.3 is 15.0 Å². The summed E-state index contributed by atoms with van der Waals surface area (Å²) in [6, 6.07) is 2.83. The molecule has 1 atom stereocenters. The monoisotopic (exact) mass is 385 g/mol. The van der Waals surface area contributed by atoms with E-state index in [2.05, 4.69) is 15.0 Å². The van der Waals surface area contributed by atoms with Gasteiger partial charge in [-0.05, 0) is 26.0 Å². The third kappa shape index (κ3) is 5.71. The summed E-state index contributed by atoms with van der Waals surface area (Å²) in [7, 11) is 1.83. The van der Waals surface area contributed by atoms with Gasteiger partial charge in [-0.3, -0.25) is 4.79 Å². The number of hydrogen-bond donors (Lipinski definition) is 1. The van der Waals surface area contributed by atoms with Crippen molar-refractivity contribution in [1.82, 2.24) is 15.2 Å². The van der Waals surface area contributed by atoms with Gasteiger partial charge in [0.2, 0.25) is 5.88 Å². The molecule has 1 N–H and O–H groups in total. The number of ether oxygens (including phenoxy) is 1. The Morgan fingerprint density at radius 1 is 1.48 bits per heavy atom. The van der Waals surface area contributed by atoms with E-state index < -0.39 is 19.0 Å². The number of amides is 1. The topological polar surface area (TPSA) is 54.5 Å². The van der Waals surface area contributed by atoms with Crippen LogP contribution < -0.4 is 10.1 Å². The number of halogens is 5. The van der Waals surface area contributed by atoms with Crippen molar-refractivity contribution in [3.05, 3.63) is 23.9 Å². The van der Waals surface area contributed by atoms with Gasteiger partial charge in [-0.15, -0.1) is 12.4 Å². The van der Waals surface area contributed by atoms with Crippen molar-refractivity contribution >= 4 is 18.3 Å². The van der Waals surface area contributed by atoms with Gasteiger partial charge in [0, 0.05) is 31.4 Å². The van der Waals surface area contributed by atoms with E-state index in [1.807, 2.05) is 7.05 Å². The number of nitrogens with zero attached hydrogens (tertiary/aromatic N) is 2. The first kappa shape index (κ1) is 21.4. The number of nitrogens with one attached hydrogen (secondary N) is 1. The van der Waals surface area contributed by atoms with Gasteiger partial charge in [0.05, 0.1) is 5.56 Å². The predicted molar refractivity (Wildman–Crippen MR) is 85.9 cm³/mol. The molecule has 0 radical (unpaired) electrons. The highest BCUT2D eigenvalue weighted by Crippen LogP contribution is 2.24. The van der Waals surface area contributed by atoms with Crippen molar-refractivity contribution in [1.29, 1.82) is 0 Å². The highest BCUT2D eigenvalue weighted by Gasteiger charge is 2.41. The van der Waals surface area contributed by atoms with Crippen LogP contribution in [0.5, 0.6) is 5.88 Å². The van der Waals surface area contributed by atoms with Crippen LogP contribution in [0.25, 0.3) is 0 Å². The van der Waals surface area contributed by atoms with E-state index in [-0.39, 0.29) is 30.2 Å². The minimum Gasteiger partial charge on any atom is -0.471 e. The van der Waals surface area contributed by atoms with Crippen LogP contribution in [0, 0.1) is 0 Å². The van der Waals surface area contributed by atoms with E-state index in [4.69, 9.17) is 0 Å². The Kier molecular flexibility index (Phi) is 7.88. The second-order valence-corrected chi connectivity index (χ2v) is 5.61. The van der Waals surface area contributed by atoms with Gasteiger partial charge in [-0.2, -0.15) is 8.78 Å². The van der Waals surface area contributed by atoms with Gasteiger partial charge in [0.1, 0.15) is 0 Å². The molecule has 1 saturated heterocycles. The van der Waals surface area contributed by atoms with Gasteiger partial charge in [0.25, 0.3) is 5.91 Å². The normalized spacial score (nSPS) is 18.0. The molecule has 1 unspecified atom stereocenters. The lowest BCUT2D eigenvalue weighted by atomic mass is 10.1. The minimum absolute atomic E-state index is 0. The first-order valence-corrected chi connectivity index (χ1v) is 7.55. The largest absolute Gasteiger partial charge is 0.471 e. The van der Waals surface area contributed by atoms with Crippen molar-refractivity contribution in [3.8, 4) is 5.88 Å². The summed E-state index contributed by atoms with van der Waals surface area (Å²) >= 11 is 0. The molecule has 1 amide bonds. The third-order valence-electron chi connectivity index (χ3n) is 3.83. The predicted octanol–water partition coefficient (Wildman–Crippen LogP) is 2.61. The second-order valence-electron chi connectivity index (χ2n) is 5.61. The molecule has 0 aliphatic carbocycles. The van der Waals surface area contributed by atoms with Crippen LogP contribution in [0.3, 0.4) is 0 Å². The van der Waals surface area contributed by atoms with Gasteiger partial charge in [-0.25, -0.2) is 13.8 Å². The lowest BCUT2D eigenvalue weighted by molar-refractivity contribution is -0.148. The second kappa shape index (κ2) is 9.19. The number of carbonyl (C=O) groups is 1. The zero-order valence-corrected chi connectivity index (χ0v) is 14.4. The zero-order chi connectivity index (χ0) is 17.7. The standard InChI is InChI=1S/C15H19F4N3O2.ClH/c1-20-11-3-2-6-22(8-11)13(23)10-4-5-12(21-7-10)24-9-15(18,19)14(16)17;/h4-5,7,11,14,20H,2-3,6,8-9H2,1H3;1H. The molecule has 2 heterocycles. The smallest absolute Gasteiger partial charge is 0.340 e. The first-order chi connectivity index (χ1) is 11.3. The van der Waals surface area contributed by atoms with Gasteiger partial charge in [0.15, 0.2) is 6.61 Å². The van der Waals surface area contributed by atoms with Crippen LogP contribution in [0.4, 0.5) is 17.6 Å². The summed E-state index contributed by atoms with van der Waals surface area (Å²) < 4.78 is 54.2. The fourth-order valence-electron chi connectivity index (χ4n) is 2.41. The number of piperidine rings is 1. The number of pyridine rings is 1. The van der Waals surface area contributed by atoms with Crippen LogP contribution in [0.1, 0.15) is 23.2 Å². The summed E-state index contributed by atoms with van der Waals surface area (Å²) in [6.45, 7) is -0.259. The van der Waals surface area contributed by atoms with Crippen LogP contribution in [-0.2, 0) is 0 Å². The molecule has 5 nitrogen and oxygen atoms in total. The quantitative estimate of drug-likeness (QED) is 0.765. The molecule has 2 rings (SSSR count). The molecule has 142 valence electrons. The van der Waals surface area contributed by atoms with E-state index in [1.54, 1.807) is 4.90 Å².